The van der Waals surface area contributed by atoms with Gasteiger partial charge >= 0.3 is 5.97 Å². The van der Waals surface area contributed by atoms with Crippen LogP contribution in [0, 0.1) is 11.3 Å². The van der Waals surface area contributed by atoms with Crippen molar-refractivity contribution >= 4 is 17.8 Å². The summed E-state index contributed by atoms with van der Waals surface area (Å²) < 4.78 is 0. The maximum atomic E-state index is 12.4. The van der Waals surface area contributed by atoms with E-state index < -0.39 is 11.4 Å². The first-order valence-electron chi connectivity index (χ1n) is 6.52. The number of rotatable bonds is 6. The second-order valence-corrected chi connectivity index (χ2v) is 5.60. The number of amides is 2. The molecule has 2 amide bonds. The van der Waals surface area contributed by atoms with Crippen molar-refractivity contribution in [2.24, 2.45) is 11.3 Å². The van der Waals surface area contributed by atoms with E-state index in [0.717, 1.165) is 0 Å². The van der Waals surface area contributed by atoms with Crippen LogP contribution in [0.25, 0.3) is 0 Å². The molecule has 0 aromatic carbocycles. The first kappa shape index (κ1) is 15.5. The molecule has 6 heteroatoms. The van der Waals surface area contributed by atoms with Gasteiger partial charge in [0.1, 0.15) is 0 Å². The van der Waals surface area contributed by atoms with Crippen LogP contribution in [0.4, 0.5) is 0 Å². The van der Waals surface area contributed by atoms with Crippen LogP contribution in [0.1, 0.15) is 33.1 Å². The second-order valence-electron chi connectivity index (χ2n) is 5.60. The number of hydrogen-bond donors (Lipinski definition) is 2. The Bertz CT molecular complexity index is 381. The fraction of sp³-hybridized carbons (Fsp3) is 0.769. The minimum atomic E-state index is -0.962. The predicted molar refractivity (Wildman–Crippen MR) is 69.4 cm³/mol. The maximum absolute atomic E-state index is 12.4. The Morgan fingerprint density at radius 2 is 2.11 bits per heavy atom. The third-order valence-electron chi connectivity index (χ3n) is 3.50. The normalized spacial score (nSPS) is 22.9. The van der Waals surface area contributed by atoms with Gasteiger partial charge in [0, 0.05) is 13.6 Å². The lowest BCUT2D eigenvalue weighted by atomic mass is 9.76. The Hall–Kier alpha value is -1.59. The Morgan fingerprint density at radius 1 is 1.47 bits per heavy atom. The van der Waals surface area contributed by atoms with Crippen molar-refractivity contribution in [1.29, 1.82) is 0 Å². The maximum Gasteiger partial charge on any atom is 0.304 e. The average Bonchev–Trinajstić information content (AvgIpc) is 2.56. The average molecular weight is 270 g/mol. The molecule has 1 fully saturated rings. The van der Waals surface area contributed by atoms with Crippen molar-refractivity contribution in [1.82, 2.24) is 10.2 Å². The van der Waals surface area contributed by atoms with Crippen molar-refractivity contribution in [3.63, 3.8) is 0 Å². The summed E-state index contributed by atoms with van der Waals surface area (Å²) in [6.07, 6.45) is 0.893. The number of nitrogens with one attached hydrogen (secondary N) is 1. The van der Waals surface area contributed by atoms with Crippen molar-refractivity contribution in [2.45, 2.75) is 33.1 Å². The van der Waals surface area contributed by atoms with Gasteiger partial charge in [-0.2, -0.15) is 0 Å². The molecule has 1 aliphatic heterocycles. The summed E-state index contributed by atoms with van der Waals surface area (Å²) in [7, 11) is 1.52. The van der Waals surface area contributed by atoms with Gasteiger partial charge in [0.2, 0.25) is 11.8 Å². The van der Waals surface area contributed by atoms with Crippen LogP contribution in [-0.2, 0) is 14.4 Å². The zero-order valence-corrected chi connectivity index (χ0v) is 11.7. The first-order chi connectivity index (χ1) is 8.80. The van der Waals surface area contributed by atoms with Crippen molar-refractivity contribution in [3.8, 4) is 0 Å². The van der Waals surface area contributed by atoms with E-state index in [9.17, 15) is 14.4 Å². The van der Waals surface area contributed by atoms with Gasteiger partial charge in [0.05, 0.1) is 18.4 Å². The van der Waals surface area contributed by atoms with Crippen LogP contribution in [0.15, 0.2) is 0 Å². The predicted octanol–water partition coefficient (Wildman–Crippen LogP) is 0.472. The third kappa shape index (κ3) is 3.68. The number of carboxylic acids is 1. The molecule has 0 bridgehead atoms. The molecular weight excluding hydrogens is 248 g/mol. The van der Waals surface area contributed by atoms with E-state index in [2.05, 4.69) is 5.32 Å². The lowest BCUT2D eigenvalue weighted by Gasteiger charge is -2.27. The van der Waals surface area contributed by atoms with Crippen LogP contribution in [0.3, 0.4) is 0 Å². The molecule has 0 saturated carbocycles. The number of aliphatic carboxylic acids is 1. The summed E-state index contributed by atoms with van der Waals surface area (Å²) in [4.78, 5) is 36.3. The van der Waals surface area contributed by atoms with Gasteiger partial charge in [-0.1, -0.05) is 13.8 Å². The molecule has 1 rings (SSSR count). The van der Waals surface area contributed by atoms with Gasteiger partial charge in [0.25, 0.3) is 0 Å². The topological polar surface area (TPSA) is 86.7 Å². The smallest absolute Gasteiger partial charge is 0.304 e. The van der Waals surface area contributed by atoms with Crippen LogP contribution >= 0.6 is 0 Å². The molecular formula is C13H22N2O4. The highest BCUT2D eigenvalue weighted by Gasteiger charge is 2.48. The highest BCUT2D eigenvalue weighted by Crippen LogP contribution is 2.41. The van der Waals surface area contributed by atoms with Crippen LogP contribution < -0.4 is 5.32 Å². The molecule has 108 valence electrons. The first-order valence-corrected chi connectivity index (χ1v) is 6.52. The molecule has 1 atom stereocenters. The third-order valence-corrected chi connectivity index (χ3v) is 3.50. The van der Waals surface area contributed by atoms with E-state index in [0.29, 0.717) is 19.4 Å². The molecule has 19 heavy (non-hydrogen) atoms. The standard InChI is InChI=1S/C13H22N2O4/c1-9(2)6-13(7-11(17)18)4-5-15(12(13)19)8-10(16)14-3/h9H,4-8H2,1-3H3,(H,14,16)(H,17,18). The number of carboxylic acid groups (broad SMARTS) is 1. The van der Waals surface area contributed by atoms with E-state index in [1.54, 1.807) is 0 Å². The van der Waals surface area contributed by atoms with E-state index in [1.807, 2.05) is 13.8 Å². The summed E-state index contributed by atoms with van der Waals surface area (Å²) >= 11 is 0. The minimum absolute atomic E-state index is 0.00873. The Balaban J connectivity index is 2.85. The minimum Gasteiger partial charge on any atom is -0.481 e. The molecule has 1 unspecified atom stereocenters. The van der Waals surface area contributed by atoms with Gasteiger partial charge in [-0.3, -0.25) is 14.4 Å². The SMILES string of the molecule is CNC(=O)CN1CCC(CC(=O)O)(CC(C)C)C1=O. The molecule has 0 spiro atoms. The van der Waals surface area contributed by atoms with E-state index in [4.69, 9.17) is 5.11 Å². The van der Waals surface area contributed by atoms with E-state index in [1.165, 1.54) is 11.9 Å². The van der Waals surface area contributed by atoms with Gasteiger partial charge in [-0.05, 0) is 18.8 Å². The van der Waals surface area contributed by atoms with Crippen molar-refractivity contribution in [2.75, 3.05) is 20.1 Å². The lowest BCUT2D eigenvalue weighted by Crippen LogP contribution is -2.41. The molecule has 0 aliphatic carbocycles. The van der Waals surface area contributed by atoms with Crippen molar-refractivity contribution < 1.29 is 19.5 Å². The number of carbonyl (C=O) groups is 3. The molecule has 0 aromatic heterocycles. The molecule has 1 saturated heterocycles. The largest absolute Gasteiger partial charge is 0.481 e. The summed E-state index contributed by atoms with van der Waals surface area (Å²) in [5.41, 5.74) is -0.839. The number of hydrogen-bond acceptors (Lipinski definition) is 3. The molecule has 2 N–H and O–H groups in total. The van der Waals surface area contributed by atoms with Gasteiger partial charge in [-0.25, -0.2) is 0 Å². The van der Waals surface area contributed by atoms with Gasteiger partial charge in [0.15, 0.2) is 0 Å². The Labute approximate surface area is 113 Å². The molecule has 6 nitrogen and oxygen atoms in total. The summed E-state index contributed by atoms with van der Waals surface area (Å²) in [5, 5.41) is 11.5. The number of likely N-dealkylation sites (N-methyl/N-ethyl adjacent to an activating group) is 1. The molecule has 0 aromatic rings. The van der Waals surface area contributed by atoms with Crippen LogP contribution in [-0.4, -0.2) is 47.9 Å². The van der Waals surface area contributed by atoms with Crippen LogP contribution in [0.5, 0.6) is 0 Å². The van der Waals surface area contributed by atoms with E-state index in [-0.39, 0.29) is 30.7 Å². The molecule has 1 aliphatic rings. The van der Waals surface area contributed by atoms with Gasteiger partial charge in [-0.15, -0.1) is 0 Å². The quantitative estimate of drug-likeness (QED) is 0.734. The lowest BCUT2D eigenvalue weighted by molar-refractivity contribution is -0.148. The zero-order chi connectivity index (χ0) is 14.6. The monoisotopic (exact) mass is 270 g/mol. The highest BCUT2D eigenvalue weighted by atomic mass is 16.4. The molecule has 0 radical (unpaired) electrons. The second kappa shape index (κ2) is 6.04. The zero-order valence-electron chi connectivity index (χ0n) is 11.7. The fourth-order valence-electron chi connectivity index (χ4n) is 2.79. The summed E-state index contributed by atoms with van der Waals surface area (Å²) in [6, 6.07) is 0. The summed E-state index contributed by atoms with van der Waals surface area (Å²) in [6.45, 7) is 4.40. The highest BCUT2D eigenvalue weighted by molar-refractivity contribution is 5.91. The van der Waals surface area contributed by atoms with Crippen LogP contribution in [0.2, 0.25) is 0 Å². The summed E-state index contributed by atoms with van der Waals surface area (Å²) in [5.74, 6) is -1.16. The van der Waals surface area contributed by atoms with Gasteiger partial charge < -0.3 is 15.3 Å². The molecule has 1 heterocycles. The Kier molecular flexibility index (Phi) is 4.91. The Morgan fingerprint density at radius 3 is 2.58 bits per heavy atom. The number of carbonyl (C=O) groups excluding carboxylic acids is 2. The fourth-order valence-corrected chi connectivity index (χ4v) is 2.79. The van der Waals surface area contributed by atoms with Crippen molar-refractivity contribution in [3.05, 3.63) is 0 Å². The van der Waals surface area contributed by atoms with E-state index >= 15 is 0 Å². The number of nitrogens with zero attached hydrogens (tertiary/aromatic N) is 1. The number of likely N-dealkylation sites (tertiary alicyclic amines) is 1.